The van der Waals surface area contributed by atoms with Gasteiger partial charge < -0.3 is 0 Å². The molecule has 2 fully saturated rings. The molecule has 2 saturated carbocycles. The summed E-state index contributed by atoms with van der Waals surface area (Å²) in [6.45, 7) is 12.4. The van der Waals surface area contributed by atoms with E-state index >= 15 is 0 Å². The molecule has 0 spiro atoms. The molecule has 0 N–H and O–H groups in total. The summed E-state index contributed by atoms with van der Waals surface area (Å²) < 4.78 is 0. The minimum Gasteiger partial charge on any atom is -0.0846 e. The van der Waals surface area contributed by atoms with Gasteiger partial charge in [0, 0.05) is 0 Å². The summed E-state index contributed by atoms with van der Waals surface area (Å²) >= 11 is 0. The summed E-state index contributed by atoms with van der Waals surface area (Å²) in [7, 11) is 0. The van der Waals surface area contributed by atoms with E-state index in [9.17, 15) is 0 Å². The Balaban J connectivity index is 1.82. The number of hydrogen-bond donors (Lipinski definition) is 0. The maximum atomic E-state index is 2.59. The standard InChI is InChI=1S/C17H28/c1-11-12(2)17(5)10-14(11)8-15(17)13-6-7-16(3,4)9-13/h6-7,11-15H,8-10H2,1-5H3. The van der Waals surface area contributed by atoms with Crippen LogP contribution in [0, 0.1) is 40.4 Å². The summed E-state index contributed by atoms with van der Waals surface area (Å²) in [5, 5.41) is 0. The van der Waals surface area contributed by atoms with Crippen LogP contribution in [0.15, 0.2) is 12.2 Å². The Kier molecular flexibility index (Phi) is 2.36. The van der Waals surface area contributed by atoms with E-state index < -0.39 is 0 Å². The molecular weight excluding hydrogens is 204 g/mol. The molecule has 0 radical (unpaired) electrons. The average Bonchev–Trinajstić information content (AvgIpc) is 2.82. The fourth-order valence-corrected chi connectivity index (χ4v) is 5.40. The summed E-state index contributed by atoms with van der Waals surface area (Å²) in [6.07, 6.45) is 9.42. The van der Waals surface area contributed by atoms with E-state index in [1.54, 1.807) is 0 Å². The van der Waals surface area contributed by atoms with Gasteiger partial charge in [0.25, 0.3) is 0 Å². The van der Waals surface area contributed by atoms with Gasteiger partial charge in [-0.3, -0.25) is 0 Å². The highest BCUT2D eigenvalue weighted by Gasteiger charge is 2.58. The van der Waals surface area contributed by atoms with Crippen LogP contribution in [0.4, 0.5) is 0 Å². The van der Waals surface area contributed by atoms with Crippen LogP contribution in [0.5, 0.6) is 0 Å². The van der Waals surface area contributed by atoms with E-state index in [2.05, 4.69) is 46.8 Å². The third-order valence-electron chi connectivity index (χ3n) is 6.75. The molecule has 0 nitrogen and oxygen atoms in total. The van der Waals surface area contributed by atoms with Gasteiger partial charge in [-0.15, -0.1) is 0 Å². The summed E-state index contributed by atoms with van der Waals surface area (Å²) in [5.41, 5.74) is 1.09. The van der Waals surface area contributed by atoms with Crippen molar-refractivity contribution in [2.75, 3.05) is 0 Å². The van der Waals surface area contributed by atoms with E-state index in [-0.39, 0.29) is 0 Å². The monoisotopic (exact) mass is 232 g/mol. The molecule has 0 aliphatic heterocycles. The largest absolute Gasteiger partial charge is 0.0846 e. The minimum absolute atomic E-state index is 0.456. The summed E-state index contributed by atoms with van der Waals surface area (Å²) in [4.78, 5) is 0. The van der Waals surface area contributed by atoms with Crippen molar-refractivity contribution in [2.24, 2.45) is 40.4 Å². The van der Waals surface area contributed by atoms with Crippen molar-refractivity contribution in [3.63, 3.8) is 0 Å². The van der Waals surface area contributed by atoms with Crippen molar-refractivity contribution in [3.8, 4) is 0 Å². The maximum Gasteiger partial charge on any atom is -0.0169 e. The lowest BCUT2D eigenvalue weighted by molar-refractivity contribution is 0.0645. The highest BCUT2D eigenvalue weighted by molar-refractivity contribution is 5.15. The van der Waals surface area contributed by atoms with Crippen molar-refractivity contribution in [1.29, 1.82) is 0 Å². The highest BCUT2D eigenvalue weighted by Crippen LogP contribution is 2.66. The van der Waals surface area contributed by atoms with Crippen molar-refractivity contribution in [2.45, 2.75) is 53.9 Å². The summed E-state index contributed by atoms with van der Waals surface area (Å²) in [6, 6.07) is 0. The van der Waals surface area contributed by atoms with Crippen molar-refractivity contribution >= 4 is 0 Å². The van der Waals surface area contributed by atoms with Gasteiger partial charge in [-0.2, -0.15) is 0 Å². The zero-order chi connectivity index (χ0) is 12.4. The lowest BCUT2D eigenvalue weighted by Crippen LogP contribution is -2.36. The smallest absolute Gasteiger partial charge is 0.0169 e. The van der Waals surface area contributed by atoms with Gasteiger partial charge in [0.1, 0.15) is 0 Å². The first-order valence-corrected chi connectivity index (χ1v) is 7.53. The first-order chi connectivity index (χ1) is 7.83. The molecule has 6 unspecified atom stereocenters. The fourth-order valence-electron chi connectivity index (χ4n) is 5.40. The third-order valence-corrected chi connectivity index (χ3v) is 6.75. The Bertz CT molecular complexity index is 351. The van der Waals surface area contributed by atoms with E-state index in [1.165, 1.54) is 19.3 Å². The number of hydrogen-bond acceptors (Lipinski definition) is 0. The number of allylic oxidation sites excluding steroid dienone is 2. The van der Waals surface area contributed by atoms with Crippen LogP contribution in [-0.2, 0) is 0 Å². The molecule has 0 heterocycles. The van der Waals surface area contributed by atoms with Gasteiger partial charge in [-0.05, 0) is 59.7 Å². The molecule has 6 atom stereocenters. The van der Waals surface area contributed by atoms with Gasteiger partial charge in [-0.25, -0.2) is 0 Å². The molecule has 3 rings (SSSR count). The van der Waals surface area contributed by atoms with Crippen LogP contribution in [0.2, 0.25) is 0 Å². The van der Waals surface area contributed by atoms with Gasteiger partial charge in [0.05, 0.1) is 0 Å². The normalized spacial score (nSPS) is 55.7. The topological polar surface area (TPSA) is 0 Å². The Hall–Kier alpha value is -0.260. The van der Waals surface area contributed by atoms with Crippen molar-refractivity contribution < 1.29 is 0 Å². The first kappa shape index (κ1) is 11.8. The van der Waals surface area contributed by atoms with E-state index in [1.807, 2.05) is 0 Å². The lowest BCUT2D eigenvalue weighted by atomic mass is 9.62. The Morgan fingerprint density at radius 2 is 1.76 bits per heavy atom. The van der Waals surface area contributed by atoms with Crippen LogP contribution in [0.3, 0.4) is 0 Å². The van der Waals surface area contributed by atoms with Gasteiger partial charge in [0.15, 0.2) is 0 Å². The Morgan fingerprint density at radius 3 is 2.24 bits per heavy atom. The Morgan fingerprint density at radius 1 is 1.06 bits per heavy atom. The lowest BCUT2D eigenvalue weighted by Gasteiger charge is -2.43. The quantitative estimate of drug-likeness (QED) is 0.564. The van der Waals surface area contributed by atoms with E-state index in [0.717, 1.165) is 29.6 Å². The van der Waals surface area contributed by atoms with Crippen LogP contribution in [-0.4, -0.2) is 0 Å². The predicted molar refractivity (Wildman–Crippen MR) is 73.7 cm³/mol. The molecule has 2 bridgehead atoms. The average molecular weight is 232 g/mol. The van der Waals surface area contributed by atoms with Crippen molar-refractivity contribution in [1.82, 2.24) is 0 Å². The molecule has 0 aromatic heterocycles. The molecule has 0 saturated heterocycles. The molecule has 0 aromatic rings. The number of rotatable bonds is 1. The predicted octanol–water partition coefficient (Wildman–Crippen LogP) is 4.91. The second kappa shape index (κ2) is 3.39. The third kappa shape index (κ3) is 1.55. The molecule has 0 aromatic carbocycles. The molecule has 0 amide bonds. The molecule has 3 aliphatic carbocycles. The second-order valence-corrected chi connectivity index (χ2v) is 8.18. The van der Waals surface area contributed by atoms with Crippen LogP contribution in [0.25, 0.3) is 0 Å². The molecule has 0 heteroatoms. The molecular formula is C17H28. The van der Waals surface area contributed by atoms with E-state index in [0.29, 0.717) is 10.8 Å². The number of fused-ring (bicyclic) bond motifs is 2. The Labute approximate surface area is 107 Å². The van der Waals surface area contributed by atoms with E-state index in [4.69, 9.17) is 0 Å². The second-order valence-electron chi connectivity index (χ2n) is 8.18. The SMILES string of the molecule is CC1C2CC(C3C=CC(C)(C)C3)C(C)(C2)C1C. The zero-order valence-corrected chi connectivity index (χ0v) is 12.2. The van der Waals surface area contributed by atoms with Gasteiger partial charge in [-0.1, -0.05) is 46.8 Å². The van der Waals surface area contributed by atoms with Gasteiger partial charge >= 0.3 is 0 Å². The van der Waals surface area contributed by atoms with Crippen LogP contribution in [0.1, 0.15) is 53.9 Å². The molecule has 17 heavy (non-hydrogen) atoms. The van der Waals surface area contributed by atoms with Crippen molar-refractivity contribution in [3.05, 3.63) is 12.2 Å². The molecule has 96 valence electrons. The van der Waals surface area contributed by atoms with Crippen LogP contribution < -0.4 is 0 Å². The zero-order valence-electron chi connectivity index (χ0n) is 12.2. The highest BCUT2D eigenvalue weighted by atomic mass is 14.6. The fraction of sp³-hybridized carbons (Fsp3) is 0.882. The maximum absolute atomic E-state index is 2.59. The van der Waals surface area contributed by atoms with Crippen LogP contribution >= 0.6 is 0 Å². The first-order valence-electron chi connectivity index (χ1n) is 7.53. The van der Waals surface area contributed by atoms with Gasteiger partial charge in [0.2, 0.25) is 0 Å². The minimum atomic E-state index is 0.456. The molecule has 3 aliphatic rings. The summed E-state index contributed by atoms with van der Waals surface area (Å²) in [5.74, 6) is 4.77.